The maximum atomic E-state index is 12.9. The van der Waals surface area contributed by atoms with E-state index in [1.807, 2.05) is 30.3 Å². The monoisotopic (exact) mass is 509 g/mol. The number of carbonyl (C=O) groups is 1. The Morgan fingerprint density at radius 1 is 0.757 bits per heavy atom. The predicted octanol–water partition coefficient (Wildman–Crippen LogP) is 3.54. The van der Waals surface area contributed by atoms with Crippen molar-refractivity contribution in [3.8, 4) is 40.0 Å². The summed E-state index contributed by atoms with van der Waals surface area (Å²) in [5, 5.41) is 11.7. The van der Waals surface area contributed by atoms with Crippen LogP contribution >= 0.6 is 0 Å². The molecular formula is C26H31N5O6. The molecule has 2 aromatic carbocycles. The molecule has 2 heterocycles. The van der Waals surface area contributed by atoms with Crippen LogP contribution in [0.5, 0.6) is 28.7 Å². The number of carbonyl (C=O) groups excluding carboxylic acids is 1. The predicted molar refractivity (Wildman–Crippen MR) is 139 cm³/mol. The Kier molecular flexibility index (Phi) is 8.02. The Labute approximate surface area is 215 Å². The Bertz CT molecular complexity index is 1200. The van der Waals surface area contributed by atoms with E-state index < -0.39 is 0 Å². The highest BCUT2D eigenvalue weighted by molar-refractivity contribution is 5.90. The second kappa shape index (κ2) is 11.5. The van der Waals surface area contributed by atoms with E-state index >= 15 is 0 Å². The fraction of sp³-hybridized carbons (Fsp3) is 0.346. The molecule has 11 nitrogen and oxygen atoms in total. The van der Waals surface area contributed by atoms with Crippen LogP contribution in [0.1, 0.15) is 0 Å². The van der Waals surface area contributed by atoms with E-state index in [1.54, 1.807) is 31.3 Å². The van der Waals surface area contributed by atoms with Crippen molar-refractivity contribution in [1.29, 1.82) is 0 Å². The number of aromatic nitrogens is 2. The number of hydrogen-bond donors (Lipinski definition) is 1. The number of urea groups is 1. The molecule has 1 aliphatic rings. The summed E-state index contributed by atoms with van der Waals surface area (Å²) in [5.41, 5.74) is 2.04. The molecule has 0 radical (unpaired) electrons. The normalized spacial score (nSPS) is 13.1. The minimum absolute atomic E-state index is 0.208. The highest BCUT2D eigenvalue weighted by atomic mass is 16.5. The summed E-state index contributed by atoms with van der Waals surface area (Å²) in [7, 11) is 7.83. The lowest BCUT2D eigenvalue weighted by molar-refractivity contribution is 0.208. The molecule has 11 heteroatoms. The van der Waals surface area contributed by atoms with Crippen LogP contribution in [0.3, 0.4) is 0 Å². The van der Waals surface area contributed by atoms with Crippen molar-refractivity contribution in [2.75, 3.05) is 71.9 Å². The molecule has 196 valence electrons. The van der Waals surface area contributed by atoms with Crippen molar-refractivity contribution < 1.29 is 28.5 Å². The van der Waals surface area contributed by atoms with Crippen LogP contribution < -0.4 is 33.9 Å². The number of rotatable bonds is 8. The fourth-order valence-corrected chi connectivity index (χ4v) is 4.15. The van der Waals surface area contributed by atoms with Gasteiger partial charge in [-0.1, -0.05) is 0 Å². The number of methoxy groups -OCH3 is 5. The smallest absolute Gasteiger partial charge is 0.321 e. The summed E-state index contributed by atoms with van der Waals surface area (Å²) in [6.45, 7) is 2.31. The molecule has 0 aliphatic carbocycles. The summed E-state index contributed by atoms with van der Waals surface area (Å²) in [6, 6.07) is 12.6. The fourth-order valence-electron chi connectivity index (χ4n) is 4.15. The summed E-state index contributed by atoms with van der Waals surface area (Å²) in [6.07, 6.45) is 0. The van der Waals surface area contributed by atoms with Gasteiger partial charge in [0.05, 0.1) is 46.9 Å². The van der Waals surface area contributed by atoms with Crippen LogP contribution in [0.4, 0.5) is 16.3 Å². The maximum Gasteiger partial charge on any atom is 0.321 e. The third-order valence-corrected chi connectivity index (χ3v) is 6.14. The molecule has 3 aromatic rings. The third-order valence-electron chi connectivity index (χ3n) is 6.14. The summed E-state index contributed by atoms with van der Waals surface area (Å²) in [4.78, 5) is 16.8. The highest BCUT2D eigenvalue weighted by Crippen LogP contribution is 2.40. The SMILES string of the molecule is COc1ccc(OC)c(-c2ccc(N3CCN(C(=O)Nc4cc(OC)c(OC)c(OC)c4)CC3)nn2)c1. The van der Waals surface area contributed by atoms with Crippen molar-refractivity contribution in [1.82, 2.24) is 15.1 Å². The van der Waals surface area contributed by atoms with E-state index in [2.05, 4.69) is 20.4 Å². The van der Waals surface area contributed by atoms with Crippen LogP contribution in [0.15, 0.2) is 42.5 Å². The molecule has 1 aromatic heterocycles. The van der Waals surface area contributed by atoms with E-state index in [0.717, 1.165) is 11.4 Å². The van der Waals surface area contributed by atoms with Gasteiger partial charge in [-0.2, -0.15) is 0 Å². The molecule has 0 bridgehead atoms. The largest absolute Gasteiger partial charge is 0.497 e. The average Bonchev–Trinajstić information content (AvgIpc) is 2.96. The van der Waals surface area contributed by atoms with Crippen molar-refractivity contribution in [3.05, 3.63) is 42.5 Å². The molecule has 2 amide bonds. The van der Waals surface area contributed by atoms with E-state index in [4.69, 9.17) is 23.7 Å². The van der Waals surface area contributed by atoms with Crippen molar-refractivity contribution >= 4 is 17.5 Å². The molecule has 0 spiro atoms. The Morgan fingerprint density at radius 3 is 1.97 bits per heavy atom. The highest BCUT2D eigenvalue weighted by Gasteiger charge is 2.23. The second-order valence-electron chi connectivity index (χ2n) is 8.16. The molecule has 1 aliphatic heterocycles. The van der Waals surface area contributed by atoms with E-state index in [0.29, 0.717) is 66.3 Å². The van der Waals surface area contributed by atoms with Crippen LogP contribution in [-0.2, 0) is 0 Å². The van der Waals surface area contributed by atoms with E-state index in [-0.39, 0.29) is 6.03 Å². The third kappa shape index (κ3) is 5.55. The van der Waals surface area contributed by atoms with Crippen LogP contribution in [0.25, 0.3) is 11.3 Å². The average molecular weight is 510 g/mol. The maximum absolute atomic E-state index is 12.9. The van der Waals surface area contributed by atoms with Gasteiger partial charge in [-0.15, -0.1) is 10.2 Å². The second-order valence-corrected chi connectivity index (χ2v) is 8.16. The summed E-state index contributed by atoms with van der Waals surface area (Å²) >= 11 is 0. The van der Waals surface area contributed by atoms with Crippen LogP contribution in [-0.4, -0.2) is 82.9 Å². The molecule has 4 rings (SSSR count). The molecule has 1 saturated heterocycles. The van der Waals surface area contributed by atoms with Gasteiger partial charge in [0.15, 0.2) is 17.3 Å². The van der Waals surface area contributed by atoms with Gasteiger partial charge in [0.2, 0.25) is 5.75 Å². The lowest BCUT2D eigenvalue weighted by Crippen LogP contribution is -2.50. The van der Waals surface area contributed by atoms with E-state index in [9.17, 15) is 4.79 Å². The molecule has 0 saturated carbocycles. The quantitative estimate of drug-likeness (QED) is 0.488. The zero-order chi connectivity index (χ0) is 26.4. The minimum Gasteiger partial charge on any atom is -0.497 e. The number of ether oxygens (including phenoxy) is 5. The van der Waals surface area contributed by atoms with Gasteiger partial charge in [-0.05, 0) is 30.3 Å². The van der Waals surface area contributed by atoms with Gasteiger partial charge in [-0.25, -0.2) is 4.79 Å². The first kappa shape index (κ1) is 25.7. The Hall–Kier alpha value is -4.41. The number of hydrogen-bond acceptors (Lipinski definition) is 9. The lowest BCUT2D eigenvalue weighted by atomic mass is 10.1. The van der Waals surface area contributed by atoms with Crippen LogP contribution in [0, 0.1) is 0 Å². The number of piperazine rings is 1. The van der Waals surface area contributed by atoms with Crippen LogP contribution in [0.2, 0.25) is 0 Å². The number of nitrogens with one attached hydrogen (secondary N) is 1. The number of benzene rings is 2. The van der Waals surface area contributed by atoms with E-state index in [1.165, 1.54) is 21.3 Å². The lowest BCUT2D eigenvalue weighted by Gasteiger charge is -2.35. The first-order valence-electron chi connectivity index (χ1n) is 11.7. The first-order chi connectivity index (χ1) is 18.0. The topological polar surface area (TPSA) is 108 Å². The van der Waals surface area contributed by atoms with Gasteiger partial charge >= 0.3 is 6.03 Å². The zero-order valence-electron chi connectivity index (χ0n) is 21.6. The number of amides is 2. The van der Waals surface area contributed by atoms with Gasteiger partial charge in [-0.3, -0.25) is 0 Å². The minimum atomic E-state index is -0.208. The molecule has 0 unspecified atom stereocenters. The summed E-state index contributed by atoms with van der Waals surface area (Å²) < 4.78 is 26.9. The molecule has 37 heavy (non-hydrogen) atoms. The molecule has 0 atom stereocenters. The van der Waals surface area contributed by atoms with Crippen molar-refractivity contribution in [3.63, 3.8) is 0 Å². The van der Waals surface area contributed by atoms with Crippen molar-refractivity contribution in [2.24, 2.45) is 0 Å². The number of nitrogens with zero attached hydrogens (tertiary/aromatic N) is 4. The van der Waals surface area contributed by atoms with Gasteiger partial charge in [0.25, 0.3) is 0 Å². The Balaban J connectivity index is 1.39. The number of anilines is 2. The molecular weight excluding hydrogens is 478 g/mol. The molecule has 1 N–H and O–H groups in total. The molecule has 1 fully saturated rings. The summed E-state index contributed by atoms with van der Waals surface area (Å²) in [5.74, 6) is 3.55. The Morgan fingerprint density at radius 2 is 1.43 bits per heavy atom. The van der Waals surface area contributed by atoms with Crippen molar-refractivity contribution in [2.45, 2.75) is 0 Å². The van der Waals surface area contributed by atoms with Gasteiger partial charge < -0.3 is 38.8 Å². The van der Waals surface area contributed by atoms with Gasteiger partial charge in [0, 0.05) is 43.9 Å². The van der Waals surface area contributed by atoms with Gasteiger partial charge in [0.1, 0.15) is 11.5 Å². The standard InChI is InChI=1S/C26H31N5O6/c1-33-18-6-8-21(34-2)19(16-18)20-7-9-24(29-28-20)30-10-12-31(13-11-30)26(32)27-17-14-22(35-3)25(37-5)23(15-17)36-4/h6-9,14-16H,10-13H2,1-5H3,(H,27,32). The zero-order valence-corrected chi connectivity index (χ0v) is 21.6. The first-order valence-corrected chi connectivity index (χ1v) is 11.7.